The molecule has 12 nitrogen and oxygen atoms in total. The van der Waals surface area contributed by atoms with Gasteiger partial charge in [0.15, 0.2) is 0 Å². The lowest BCUT2D eigenvalue weighted by Crippen LogP contribution is -2.47. The molecule has 0 saturated carbocycles. The van der Waals surface area contributed by atoms with Gasteiger partial charge in [-0.15, -0.1) is 0 Å². The summed E-state index contributed by atoms with van der Waals surface area (Å²) in [5.74, 6) is 0.0613. The van der Waals surface area contributed by atoms with E-state index in [4.69, 9.17) is 4.74 Å². The number of urea groups is 1. The second-order valence-corrected chi connectivity index (χ2v) is 10.6. The molecule has 0 aliphatic rings. The molecule has 2 aromatic carbocycles. The number of pyridine rings is 1. The van der Waals surface area contributed by atoms with E-state index < -0.39 is 11.9 Å². The summed E-state index contributed by atoms with van der Waals surface area (Å²) in [6.45, 7) is 8.38. The number of aryl methyl sites for hydroxylation is 2. The van der Waals surface area contributed by atoms with Crippen LogP contribution in [0, 0.1) is 13.8 Å². The second kappa shape index (κ2) is 15.9. The fourth-order valence-corrected chi connectivity index (χ4v) is 4.56. The lowest BCUT2D eigenvalue weighted by atomic mass is 10.1. The van der Waals surface area contributed by atoms with Crippen LogP contribution in [0.3, 0.4) is 0 Å². The zero-order chi connectivity index (χ0) is 33.1. The summed E-state index contributed by atoms with van der Waals surface area (Å²) in [6, 6.07) is 16.7. The summed E-state index contributed by atoms with van der Waals surface area (Å²) < 4.78 is 6.01. The van der Waals surface area contributed by atoms with Gasteiger partial charge in [0.2, 0.25) is 11.8 Å². The Morgan fingerprint density at radius 2 is 1.63 bits per heavy atom. The van der Waals surface area contributed by atoms with E-state index in [1.165, 1.54) is 6.20 Å². The highest BCUT2D eigenvalue weighted by atomic mass is 16.5. The smallest absolute Gasteiger partial charge is 0.323 e. The molecule has 1 atom stereocenters. The Hall–Kier alpha value is -5.65. The fourth-order valence-electron chi connectivity index (χ4n) is 4.56. The van der Waals surface area contributed by atoms with Crippen molar-refractivity contribution in [2.24, 2.45) is 0 Å². The number of anilines is 2. The van der Waals surface area contributed by atoms with E-state index >= 15 is 0 Å². The van der Waals surface area contributed by atoms with E-state index in [1.807, 2.05) is 39.0 Å². The zero-order valence-corrected chi connectivity index (χ0v) is 26.3. The van der Waals surface area contributed by atoms with Crippen LogP contribution in [-0.2, 0) is 9.59 Å². The first-order valence-corrected chi connectivity index (χ1v) is 15.1. The summed E-state index contributed by atoms with van der Waals surface area (Å²) in [5.41, 5.74) is 4.78. The topological polar surface area (TPSA) is 166 Å². The van der Waals surface area contributed by atoms with E-state index in [0.717, 1.165) is 16.8 Å². The van der Waals surface area contributed by atoms with Gasteiger partial charge in [-0.1, -0.05) is 12.1 Å². The SMILES string of the molecule is CCNC(=O)CCC(NC(=O)c1c[nH]c(-c2cc(Oc3ccc(NC(=O)Nc4cc(C)ccc4C)cc3)ccn2)c1)C(=O)NCC. The quantitative estimate of drug-likeness (QED) is 0.118. The van der Waals surface area contributed by atoms with Gasteiger partial charge in [0.05, 0.1) is 17.0 Å². The minimum Gasteiger partial charge on any atom is -0.457 e. The van der Waals surface area contributed by atoms with Gasteiger partial charge >= 0.3 is 6.03 Å². The molecule has 0 saturated heterocycles. The van der Waals surface area contributed by atoms with Crippen molar-refractivity contribution >= 4 is 35.1 Å². The molecule has 240 valence electrons. The second-order valence-electron chi connectivity index (χ2n) is 10.6. The monoisotopic (exact) mass is 625 g/mol. The average molecular weight is 626 g/mol. The Kier molecular flexibility index (Phi) is 11.5. The number of nitrogens with one attached hydrogen (secondary N) is 6. The minimum atomic E-state index is -0.864. The first-order valence-electron chi connectivity index (χ1n) is 15.1. The van der Waals surface area contributed by atoms with Crippen LogP contribution in [0.4, 0.5) is 16.2 Å². The fraction of sp³-hybridized carbons (Fsp3) is 0.265. The molecule has 2 heterocycles. The Labute approximate surface area is 267 Å². The summed E-state index contributed by atoms with van der Waals surface area (Å²) >= 11 is 0. The number of aromatic nitrogens is 2. The number of H-pyrrole nitrogens is 1. The molecule has 1 unspecified atom stereocenters. The minimum absolute atomic E-state index is 0.104. The molecule has 4 rings (SSSR count). The molecule has 2 aromatic heterocycles. The highest BCUT2D eigenvalue weighted by Crippen LogP contribution is 2.27. The normalized spacial score (nSPS) is 11.2. The van der Waals surface area contributed by atoms with Crippen molar-refractivity contribution in [3.05, 3.63) is 89.7 Å². The van der Waals surface area contributed by atoms with Crippen LogP contribution in [0.1, 0.15) is 48.2 Å². The van der Waals surface area contributed by atoms with E-state index in [0.29, 0.717) is 47.2 Å². The number of likely N-dealkylation sites (N-methyl/N-ethyl adjacent to an activating group) is 1. The molecule has 46 heavy (non-hydrogen) atoms. The van der Waals surface area contributed by atoms with Gasteiger partial charge < -0.3 is 36.3 Å². The Balaban J connectivity index is 1.36. The number of carbonyl (C=O) groups is 4. The summed E-state index contributed by atoms with van der Waals surface area (Å²) in [7, 11) is 0. The third-order valence-corrected chi connectivity index (χ3v) is 6.95. The molecule has 6 N–H and O–H groups in total. The zero-order valence-electron chi connectivity index (χ0n) is 26.3. The van der Waals surface area contributed by atoms with Gasteiger partial charge in [0, 0.05) is 49.3 Å². The predicted molar refractivity (Wildman–Crippen MR) is 177 cm³/mol. The molecule has 0 radical (unpaired) electrons. The first-order chi connectivity index (χ1) is 22.1. The largest absolute Gasteiger partial charge is 0.457 e. The number of ether oxygens (including phenoxy) is 1. The molecular weight excluding hydrogens is 586 g/mol. The maximum Gasteiger partial charge on any atom is 0.323 e. The van der Waals surface area contributed by atoms with E-state index in [2.05, 4.69) is 36.6 Å². The molecule has 0 aliphatic carbocycles. The number of carbonyl (C=O) groups excluding carboxylic acids is 4. The Bertz CT molecular complexity index is 1680. The van der Waals surface area contributed by atoms with Crippen molar-refractivity contribution in [1.82, 2.24) is 25.9 Å². The van der Waals surface area contributed by atoms with Crippen LogP contribution >= 0.6 is 0 Å². The molecule has 0 bridgehead atoms. The third kappa shape index (κ3) is 9.42. The van der Waals surface area contributed by atoms with Gasteiger partial charge in [-0.2, -0.15) is 0 Å². The highest BCUT2D eigenvalue weighted by Gasteiger charge is 2.23. The van der Waals surface area contributed by atoms with E-state index in [9.17, 15) is 19.2 Å². The van der Waals surface area contributed by atoms with Crippen molar-refractivity contribution in [1.29, 1.82) is 0 Å². The van der Waals surface area contributed by atoms with Crippen LogP contribution in [0.15, 0.2) is 73.1 Å². The van der Waals surface area contributed by atoms with Crippen molar-refractivity contribution in [3.8, 4) is 22.9 Å². The predicted octanol–water partition coefficient (Wildman–Crippen LogP) is 5.28. The maximum atomic E-state index is 13.0. The van der Waals surface area contributed by atoms with E-state index in [-0.39, 0.29) is 30.7 Å². The van der Waals surface area contributed by atoms with Crippen molar-refractivity contribution < 1.29 is 23.9 Å². The summed E-state index contributed by atoms with van der Waals surface area (Å²) in [6.07, 6.45) is 3.39. The highest BCUT2D eigenvalue weighted by molar-refractivity contribution is 6.00. The standard InChI is InChI=1S/C34H39N7O5/c1-5-35-31(42)14-13-27(33(44)36-6-2)40-32(43)23-18-29(38-20-23)30-19-26(15-16-37-30)46-25-11-9-24(10-12-25)39-34(45)41-28-17-21(3)7-8-22(28)4/h7-12,15-20,27,38H,5-6,13-14H2,1-4H3,(H,35,42)(H,36,44)(H,40,43)(H2,39,41,45). The number of rotatable bonds is 13. The van der Waals surface area contributed by atoms with Gasteiger partial charge in [0.25, 0.3) is 5.91 Å². The van der Waals surface area contributed by atoms with Crippen LogP contribution in [0.25, 0.3) is 11.4 Å². The number of aromatic amines is 1. The number of amides is 5. The van der Waals surface area contributed by atoms with Crippen LogP contribution in [0.5, 0.6) is 11.5 Å². The lowest BCUT2D eigenvalue weighted by Gasteiger charge is -2.17. The molecular formula is C34H39N7O5. The summed E-state index contributed by atoms with van der Waals surface area (Å²) in [5, 5.41) is 13.8. The van der Waals surface area contributed by atoms with Crippen LogP contribution in [-0.4, -0.2) is 52.9 Å². The molecule has 0 aliphatic heterocycles. The molecule has 0 spiro atoms. The molecule has 12 heteroatoms. The Morgan fingerprint density at radius 3 is 2.37 bits per heavy atom. The lowest BCUT2D eigenvalue weighted by molar-refractivity contribution is -0.124. The number of nitrogens with zero attached hydrogens (tertiary/aromatic N) is 1. The van der Waals surface area contributed by atoms with Crippen LogP contribution in [0.2, 0.25) is 0 Å². The maximum absolute atomic E-state index is 13.0. The van der Waals surface area contributed by atoms with Gasteiger partial charge in [-0.05, 0) is 87.7 Å². The number of benzene rings is 2. The Morgan fingerprint density at radius 1 is 0.870 bits per heavy atom. The number of hydrogen-bond acceptors (Lipinski definition) is 6. The van der Waals surface area contributed by atoms with Gasteiger partial charge in [-0.3, -0.25) is 19.4 Å². The van der Waals surface area contributed by atoms with Crippen LogP contribution < -0.4 is 31.3 Å². The third-order valence-electron chi connectivity index (χ3n) is 6.95. The van der Waals surface area contributed by atoms with Crippen molar-refractivity contribution in [2.45, 2.75) is 46.6 Å². The van der Waals surface area contributed by atoms with Crippen molar-refractivity contribution in [2.75, 3.05) is 23.7 Å². The molecule has 5 amide bonds. The molecule has 4 aromatic rings. The average Bonchev–Trinajstić information content (AvgIpc) is 3.53. The van der Waals surface area contributed by atoms with Gasteiger partial charge in [-0.25, -0.2) is 4.79 Å². The molecule has 0 fully saturated rings. The summed E-state index contributed by atoms with van der Waals surface area (Å²) in [4.78, 5) is 57.4. The van der Waals surface area contributed by atoms with Crippen molar-refractivity contribution in [3.63, 3.8) is 0 Å². The van der Waals surface area contributed by atoms with Gasteiger partial charge in [0.1, 0.15) is 17.5 Å². The number of hydrogen-bond donors (Lipinski definition) is 6. The first kappa shape index (κ1) is 33.2. The van der Waals surface area contributed by atoms with E-state index in [1.54, 1.807) is 55.6 Å².